The summed E-state index contributed by atoms with van der Waals surface area (Å²) in [6.07, 6.45) is 0. The van der Waals surface area contributed by atoms with Crippen molar-refractivity contribution in [2.45, 2.75) is 12.3 Å². The van der Waals surface area contributed by atoms with E-state index in [4.69, 9.17) is 10.6 Å². The second kappa shape index (κ2) is 5.69. The lowest BCUT2D eigenvalue weighted by Crippen LogP contribution is -2.04. The van der Waals surface area contributed by atoms with Crippen molar-refractivity contribution in [3.05, 3.63) is 24.3 Å². The molecule has 5 heteroatoms. The third-order valence-electron chi connectivity index (χ3n) is 1.34. The Balaban J connectivity index is 0.00000144. The molecule has 74 valence electrons. The lowest BCUT2D eigenvalue weighted by Gasteiger charge is -2.04. The first-order valence-corrected chi connectivity index (χ1v) is 4.29. The standard InChI is InChI=1S/C7H9NO3S.CH4/c1-10-6-4-2-3-5-7(6)12(9)11-8;/h2-5H,8H2,1H3;1H4. The average molecular weight is 203 g/mol. The van der Waals surface area contributed by atoms with Gasteiger partial charge in [-0.15, -0.1) is 0 Å². The minimum Gasteiger partial charge on any atom is -0.495 e. The molecule has 0 saturated carbocycles. The first-order valence-electron chi connectivity index (χ1n) is 3.21. The Kier molecular flexibility index (Phi) is 5.29. The quantitative estimate of drug-likeness (QED) is 0.751. The van der Waals surface area contributed by atoms with Crippen LogP contribution >= 0.6 is 0 Å². The zero-order valence-electron chi connectivity index (χ0n) is 6.52. The Morgan fingerprint density at radius 3 is 2.54 bits per heavy atom. The number of rotatable bonds is 3. The monoisotopic (exact) mass is 203 g/mol. The summed E-state index contributed by atoms with van der Waals surface area (Å²) >= 11 is -1.65. The van der Waals surface area contributed by atoms with Crippen LogP contribution in [0.2, 0.25) is 0 Å². The van der Waals surface area contributed by atoms with Crippen molar-refractivity contribution in [3.8, 4) is 5.75 Å². The SMILES string of the molecule is C.COc1ccccc1S(=O)ON. The predicted molar refractivity (Wildman–Crippen MR) is 51.4 cm³/mol. The summed E-state index contributed by atoms with van der Waals surface area (Å²) in [5.41, 5.74) is 0. The summed E-state index contributed by atoms with van der Waals surface area (Å²) in [6.45, 7) is 0. The van der Waals surface area contributed by atoms with E-state index in [2.05, 4.69) is 4.28 Å². The first-order chi connectivity index (χ1) is 5.79. The molecule has 0 aliphatic carbocycles. The maximum atomic E-state index is 11.1. The van der Waals surface area contributed by atoms with Crippen LogP contribution in [0.1, 0.15) is 7.43 Å². The molecule has 0 bridgehead atoms. The van der Waals surface area contributed by atoms with Crippen LogP contribution in [0, 0.1) is 0 Å². The Morgan fingerprint density at radius 2 is 2.00 bits per heavy atom. The highest BCUT2D eigenvalue weighted by molar-refractivity contribution is 7.80. The van der Waals surface area contributed by atoms with Gasteiger partial charge in [-0.25, -0.2) is 4.21 Å². The van der Waals surface area contributed by atoms with Gasteiger partial charge in [0.1, 0.15) is 10.6 Å². The van der Waals surface area contributed by atoms with Crippen LogP contribution in [-0.4, -0.2) is 11.3 Å². The van der Waals surface area contributed by atoms with Gasteiger partial charge in [0.25, 0.3) is 0 Å². The number of nitrogens with two attached hydrogens (primary N) is 1. The zero-order valence-corrected chi connectivity index (χ0v) is 7.34. The number of ether oxygens (including phenoxy) is 1. The minimum absolute atomic E-state index is 0. The molecule has 1 aromatic rings. The van der Waals surface area contributed by atoms with Gasteiger partial charge in [-0.2, -0.15) is 10.2 Å². The summed E-state index contributed by atoms with van der Waals surface area (Å²) < 4.78 is 20.2. The topological polar surface area (TPSA) is 61.5 Å². The van der Waals surface area contributed by atoms with Gasteiger partial charge in [-0.1, -0.05) is 19.6 Å². The Bertz CT molecular complexity index is 290. The lowest BCUT2D eigenvalue weighted by molar-refractivity contribution is 0.360. The fourth-order valence-electron chi connectivity index (χ4n) is 0.808. The van der Waals surface area contributed by atoms with E-state index in [0.29, 0.717) is 10.6 Å². The molecule has 0 aliphatic heterocycles. The zero-order chi connectivity index (χ0) is 8.97. The summed E-state index contributed by atoms with van der Waals surface area (Å²) in [5.74, 6) is 5.27. The van der Waals surface area contributed by atoms with Gasteiger partial charge < -0.3 is 4.74 Å². The fourth-order valence-corrected chi connectivity index (χ4v) is 1.42. The normalized spacial score (nSPS) is 11.5. The van der Waals surface area contributed by atoms with Crippen molar-refractivity contribution in [2.75, 3.05) is 7.11 Å². The Hall–Kier alpha value is -0.910. The van der Waals surface area contributed by atoms with Crippen LogP contribution in [-0.2, 0) is 15.4 Å². The third kappa shape index (κ3) is 2.80. The van der Waals surface area contributed by atoms with Gasteiger partial charge in [0.2, 0.25) is 11.1 Å². The Morgan fingerprint density at radius 1 is 1.38 bits per heavy atom. The van der Waals surface area contributed by atoms with Crippen LogP contribution in [0.25, 0.3) is 0 Å². The molecular weight excluding hydrogens is 190 g/mol. The van der Waals surface area contributed by atoms with Gasteiger partial charge in [-0.05, 0) is 12.1 Å². The van der Waals surface area contributed by atoms with E-state index in [0.717, 1.165) is 0 Å². The van der Waals surface area contributed by atoms with Crippen LogP contribution < -0.4 is 10.6 Å². The second-order valence-electron chi connectivity index (χ2n) is 1.98. The van der Waals surface area contributed by atoms with Crippen molar-refractivity contribution in [3.63, 3.8) is 0 Å². The van der Waals surface area contributed by atoms with E-state index < -0.39 is 11.1 Å². The molecule has 0 spiro atoms. The molecule has 1 rings (SSSR count). The van der Waals surface area contributed by atoms with E-state index in [1.54, 1.807) is 24.3 Å². The van der Waals surface area contributed by atoms with Crippen LogP contribution in [0.5, 0.6) is 5.75 Å². The molecular formula is C8H13NO3S. The van der Waals surface area contributed by atoms with Gasteiger partial charge in [0.05, 0.1) is 7.11 Å². The van der Waals surface area contributed by atoms with Gasteiger partial charge in [-0.3, -0.25) is 0 Å². The molecule has 0 amide bonds. The van der Waals surface area contributed by atoms with Crippen molar-refractivity contribution in [1.82, 2.24) is 0 Å². The maximum absolute atomic E-state index is 11.1. The summed E-state index contributed by atoms with van der Waals surface area (Å²) in [6, 6.07) is 6.82. The highest BCUT2D eigenvalue weighted by atomic mass is 32.2. The van der Waals surface area contributed by atoms with Crippen molar-refractivity contribution < 1.29 is 13.2 Å². The van der Waals surface area contributed by atoms with Crippen LogP contribution in [0.3, 0.4) is 0 Å². The number of hydrogen-bond donors (Lipinski definition) is 1. The number of hydrogen-bond acceptors (Lipinski definition) is 4. The number of benzene rings is 1. The van der Waals surface area contributed by atoms with Crippen molar-refractivity contribution in [2.24, 2.45) is 5.90 Å². The highest BCUT2D eigenvalue weighted by Crippen LogP contribution is 2.20. The molecule has 2 N–H and O–H groups in total. The summed E-state index contributed by atoms with van der Waals surface area (Å²) in [7, 11) is 1.49. The van der Waals surface area contributed by atoms with E-state index in [-0.39, 0.29) is 7.43 Å². The first kappa shape index (κ1) is 12.1. The molecule has 0 aromatic heterocycles. The van der Waals surface area contributed by atoms with Crippen LogP contribution in [0.4, 0.5) is 0 Å². The molecule has 0 heterocycles. The molecule has 13 heavy (non-hydrogen) atoms. The van der Waals surface area contributed by atoms with Crippen LogP contribution in [0.15, 0.2) is 29.2 Å². The molecule has 4 nitrogen and oxygen atoms in total. The second-order valence-corrected chi connectivity index (χ2v) is 3.08. The highest BCUT2D eigenvalue weighted by Gasteiger charge is 2.08. The smallest absolute Gasteiger partial charge is 0.210 e. The fraction of sp³-hybridized carbons (Fsp3) is 0.250. The van der Waals surface area contributed by atoms with Crippen molar-refractivity contribution >= 4 is 11.1 Å². The van der Waals surface area contributed by atoms with E-state index in [1.807, 2.05) is 0 Å². The van der Waals surface area contributed by atoms with E-state index in [9.17, 15) is 4.21 Å². The predicted octanol–water partition coefficient (Wildman–Crippen LogP) is 1.24. The van der Waals surface area contributed by atoms with Gasteiger partial charge in [0.15, 0.2) is 0 Å². The molecule has 1 atom stereocenters. The van der Waals surface area contributed by atoms with Gasteiger partial charge in [0, 0.05) is 0 Å². The molecule has 1 aromatic carbocycles. The van der Waals surface area contributed by atoms with E-state index in [1.165, 1.54) is 7.11 Å². The molecule has 1 unspecified atom stereocenters. The number of para-hydroxylation sites is 1. The number of methoxy groups -OCH3 is 1. The largest absolute Gasteiger partial charge is 0.495 e. The molecule has 0 radical (unpaired) electrons. The Labute approximate surface area is 80.3 Å². The summed E-state index contributed by atoms with van der Waals surface area (Å²) in [5, 5.41) is 0. The van der Waals surface area contributed by atoms with Gasteiger partial charge >= 0.3 is 0 Å². The van der Waals surface area contributed by atoms with E-state index >= 15 is 0 Å². The minimum atomic E-state index is -1.65. The average Bonchev–Trinajstić information content (AvgIpc) is 2.16. The molecule has 0 saturated heterocycles. The lowest BCUT2D eigenvalue weighted by atomic mass is 10.3. The molecule has 0 fully saturated rings. The maximum Gasteiger partial charge on any atom is 0.210 e. The molecule has 0 aliphatic rings. The van der Waals surface area contributed by atoms with Crippen molar-refractivity contribution in [1.29, 1.82) is 0 Å². The summed E-state index contributed by atoms with van der Waals surface area (Å²) in [4.78, 5) is 0.433. The third-order valence-corrected chi connectivity index (χ3v) is 2.21.